The average Bonchev–Trinajstić information content (AvgIpc) is 3.47. The second-order valence-electron chi connectivity index (χ2n) is 17.2. The Morgan fingerprint density at radius 3 is 1.80 bits per heavy atom. The maximum absolute atomic E-state index is 2.65. The van der Waals surface area contributed by atoms with Gasteiger partial charge in [-0.2, -0.15) is 0 Å². The SMILES string of the molecule is C.C.CCC(C)C.CCC(C)CC[C@@H](CC(C)CC(C)C)C1CCC(CCCC2(C)CC3CCC(C)C3C2)CC1.CCCI. The van der Waals surface area contributed by atoms with Gasteiger partial charge in [0.2, 0.25) is 0 Å². The average molecular weight is 733 g/mol. The summed E-state index contributed by atoms with van der Waals surface area (Å²) in [6.45, 7) is 26.2. The third-order valence-electron chi connectivity index (χ3n) is 12.1. The Labute approximate surface area is 296 Å². The summed E-state index contributed by atoms with van der Waals surface area (Å²) in [5, 5.41) is 0. The number of alkyl halides is 1. The molecule has 0 heterocycles. The fourth-order valence-corrected chi connectivity index (χ4v) is 8.91. The van der Waals surface area contributed by atoms with Crippen LogP contribution in [-0.2, 0) is 0 Å². The van der Waals surface area contributed by atoms with E-state index in [1.165, 1.54) is 75.1 Å². The monoisotopic (exact) mass is 733 g/mol. The van der Waals surface area contributed by atoms with Gasteiger partial charge in [-0.1, -0.05) is 165 Å². The normalized spacial score (nSPS) is 29.7. The molecule has 3 saturated carbocycles. The highest BCUT2D eigenvalue weighted by Gasteiger charge is 2.46. The molecule has 0 N–H and O–H groups in total. The molecule has 7 atom stereocenters. The summed E-state index contributed by atoms with van der Waals surface area (Å²) >= 11 is 2.35. The molecule has 3 rings (SSSR count). The van der Waals surface area contributed by atoms with Gasteiger partial charge in [0.25, 0.3) is 0 Å². The number of fused-ring (bicyclic) bond motifs is 1. The van der Waals surface area contributed by atoms with Crippen LogP contribution in [0.2, 0.25) is 0 Å². The Morgan fingerprint density at radius 1 is 0.727 bits per heavy atom. The van der Waals surface area contributed by atoms with Crippen molar-refractivity contribution in [2.24, 2.45) is 64.6 Å². The molecule has 0 aromatic rings. The van der Waals surface area contributed by atoms with E-state index in [-0.39, 0.29) is 14.9 Å². The van der Waals surface area contributed by atoms with Crippen LogP contribution < -0.4 is 0 Å². The van der Waals surface area contributed by atoms with E-state index in [2.05, 4.69) is 98.8 Å². The predicted molar refractivity (Wildman–Crippen MR) is 215 cm³/mol. The number of halogens is 1. The van der Waals surface area contributed by atoms with Crippen molar-refractivity contribution in [3.05, 3.63) is 0 Å². The Balaban J connectivity index is 0. The smallest absolute Gasteiger partial charge is 0.000735 e. The second kappa shape index (κ2) is 25.7. The van der Waals surface area contributed by atoms with Crippen LogP contribution in [-0.4, -0.2) is 4.43 Å². The minimum atomic E-state index is 0. The molecule has 3 aliphatic rings. The van der Waals surface area contributed by atoms with Crippen molar-refractivity contribution in [1.82, 2.24) is 0 Å². The minimum Gasteiger partial charge on any atom is -0.0864 e. The van der Waals surface area contributed by atoms with E-state index in [0.29, 0.717) is 5.41 Å². The van der Waals surface area contributed by atoms with Crippen molar-refractivity contribution in [2.75, 3.05) is 4.43 Å². The van der Waals surface area contributed by atoms with Gasteiger partial charge in [0.05, 0.1) is 0 Å². The summed E-state index contributed by atoms with van der Waals surface area (Å²) in [7, 11) is 0. The molecule has 268 valence electrons. The first kappa shape index (κ1) is 46.8. The molecule has 0 aromatic heterocycles. The van der Waals surface area contributed by atoms with Crippen LogP contribution in [0.5, 0.6) is 0 Å². The molecule has 0 amide bonds. The molecule has 0 aliphatic heterocycles. The maximum atomic E-state index is 2.65. The second-order valence-corrected chi connectivity index (χ2v) is 18.3. The standard InChI is InChI=1S/C33H62.C5H12.C3H7I.2CH4/c1-8-25(4)11-15-30(21-26(5)20-24(2)3)29-17-13-28(14-18-29)10-9-19-33(7)22-31-16-12-27(6)32(31)23-33;1-4-5(2)3;1-2-3-4;;/h24-32H,8-23H2,1-7H3;5H,4H2,1-3H3;2-3H2,1H3;2*1H4/t25?,26?,27?,28?,29?,30-,31?,32?,33?;;;;/m0..../s1. The number of hydrogen-bond donors (Lipinski definition) is 0. The molecule has 3 fully saturated rings. The molecule has 0 spiro atoms. The zero-order valence-electron chi connectivity index (χ0n) is 31.1. The van der Waals surface area contributed by atoms with Gasteiger partial charge in [-0.15, -0.1) is 0 Å². The summed E-state index contributed by atoms with van der Waals surface area (Å²) in [4.78, 5) is 0. The molecule has 0 radical (unpaired) electrons. The van der Waals surface area contributed by atoms with Crippen molar-refractivity contribution >= 4 is 22.6 Å². The van der Waals surface area contributed by atoms with Gasteiger partial charge in [0.1, 0.15) is 0 Å². The highest BCUT2D eigenvalue weighted by atomic mass is 127. The quantitative estimate of drug-likeness (QED) is 0.116. The van der Waals surface area contributed by atoms with Gasteiger partial charge in [-0.3, -0.25) is 0 Å². The molecule has 0 nitrogen and oxygen atoms in total. The molecule has 3 aliphatic carbocycles. The fraction of sp³-hybridized carbons (Fsp3) is 1.00. The largest absolute Gasteiger partial charge is 0.0864 e. The van der Waals surface area contributed by atoms with Crippen molar-refractivity contribution in [3.63, 3.8) is 0 Å². The Kier molecular flexibility index (Phi) is 27.4. The van der Waals surface area contributed by atoms with Crippen molar-refractivity contribution < 1.29 is 0 Å². The number of rotatable bonds is 15. The Bertz CT molecular complexity index is 629. The van der Waals surface area contributed by atoms with Crippen molar-refractivity contribution in [1.29, 1.82) is 0 Å². The third-order valence-corrected chi connectivity index (χ3v) is 13.2. The van der Waals surface area contributed by atoms with Crippen LogP contribution in [0.4, 0.5) is 0 Å². The van der Waals surface area contributed by atoms with E-state index in [4.69, 9.17) is 0 Å². The van der Waals surface area contributed by atoms with E-state index < -0.39 is 0 Å². The van der Waals surface area contributed by atoms with Gasteiger partial charge in [-0.05, 0) is 133 Å². The van der Waals surface area contributed by atoms with Gasteiger partial charge in [-0.25, -0.2) is 0 Å². The van der Waals surface area contributed by atoms with Gasteiger partial charge in [0, 0.05) is 0 Å². The summed E-state index contributed by atoms with van der Waals surface area (Å²) in [5.74, 6) is 9.85. The van der Waals surface area contributed by atoms with Crippen LogP contribution in [0.15, 0.2) is 0 Å². The van der Waals surface area contributed by atoms with E-state index in [1.807, 2.05) is 0 Å². The van der Waals surface area contributed by atoms with E-state index >= 15 is 0 Å². The van der Waals surface area contributed by atoms with E-state index in [9.17, 15) is 0 Å². The lowest BCUT2D eigenvalue weighted by molar-refractivity contribution is 0.152. The van der Waals surface area contributed by atoms with Crippen LogP contribution >= 0.6 is 22.6 Å². The van der Waals surface area contributed by atoms with E-state index in [0.717, 1.165) is 59.2 Å². The van der Waals surface area contributed by atoms with Crippen molar-refractivity contribution in [2.45, 2.75) is 207 Å². The Hall–Kier alpha value is 0.730. The third kappa shape index (κ3) is 18.9. The highest BCUT2D eigenvalue weighted by Crippen LogP contribution is 2.57. The zero-order chi connectivity index (χ0) is 31.7. The maximum Gasteiger partial charge on any atom is -0.000735 e. The summed E-state index contributed by atoms with van der Waals surface area (Å²) in [6, 6.07) is 0. The topological polar surface area (TPSA) is 0 Å². The van der Waals surface area contributed by atoms with Crippen LogP contribution in [0.3, 0.4) is 0 Å². The van der Waals surface area contributed by atoms with Crippen LogP contribution in [0.1, 0.15) is 207 Å². The van der Waals surface area contributed by atoms with Crippen molar-refractivity contribution in [3.8, 4) is 0 Å². The highest BCUT2D eigenvalue weighted by molar-refractivity contribution is 14.1. The lowest BCUT2D eigenvalue weighted by Gasteiger charge is -2.36. The fourth-order valence-electron chi connectivity index (χ4n) is 8.91. The summed E-state index contributed by atoms with van der Waals surface area (Å²) in [6.07, 6.45) is 26.8. The van der Waals surface area contributed by atoms with Gasteiger partial charge in [0.15, 0.2) is 0 Å². The van der Waals surface area contributed by atoms with Gasteiger partial charge < -0.3 is 0 Å². The molecular weight excluding hydrogens is 643 g/mol. The molecule has 6 unspecified atom stereocenters. The number of hydrogen-bond acceptors (Lipinski definition) is 0. The predicted octanol–water partition coefficient (Wildman–Crippen LogP) is 16.1. The molecule has 0 aromatic carbocycles. The van der Waals surface area contributed by atoms with Crippen LogP contribution in [0, 0.1) is 64.6 Å². The molecule has 0 bridgehead atoms. The van der Waals surface area contributed by atoms with Crippen LogP contribution in [0.25, 0.3) is 0 Å². The first-order valence-electron chi connectivity index (χ1n) is 19.4. The molecule has 1 heteroatoms. The molecule has 0 saturated heterocycles. The van der Waals surface area contributed by atoms with Gasteiger partial charge >= 0.3 is 0 Å². The first-order chi connectivity index (χ1) is 19.9. The lowest BCUT2D eigenvalue weighted by Crippen LogP contribution is -2.24. The Morgan fingerprint density at radius 2 is 1.32 bits per heavy atom. The minimum absolute atomic E-state index is 0. The van der Waals surface area contributed by atoms with E-state index in [1.54, 1.807) is 44.9 Å². The summed E-state index contributed by atoms with van der Waals surface area (Å²) < 4.78 is 1.29. The molecule has 44 heavy (non-hydrogen) atoms. The summed E-state index contributed by atoms with van der Waals surface area (Å²) in [5.41, 5.74) is 0.689. The first-order valence-corrected chi connectivity index (χ1v) is 21.0. The molecular formula is C43H89I. The lowest BCUT2D eigenvalue weighted by atomic mass is 9.69. The zero-order valence-corrected chi connectivity index (χ0v) is 33.2.